The van der Waals surface area contributed by atoms with Crippen LogP contribution >= 0.6 is 0 Å². The zero-order valence-corrected chi connectivity index (χ0v) is 5.71. The number of hydrogen-bond donors (Lipinski definition) is 4. The van der Waals surface area contributed by atoms with Crippen molar-refractivity contribution in [1.29, 1.82) is 0 Å². The number of aliphatic hydroxyl groups is 4. The normalized spacial score (nSPS) is 46.0. The van der Waals surface area contributed by atoms with Crippen LogP contribution in [0.4, 0.5) is 0 Å². The van der Waals surface area contributed by atoms with Gasteiger partial charge in [0.1, 0.15) is 12.2 Å². The number of rotatable bonds is 0. The first kappa shape index (κ1) is 8.61. The van der Waals surface area contributed by atoms with Gasteiger partial charge in [0.05, 0.1) is 12.2 Å². The third-order valence-corrected chi connectivity index (χ3v) is 1.79. The van der Waals surface area contributed by atoms with Gasteiger partial charge in [-0.1, -0.05) is 0 Å². The molecule has 5 heteroatoms. The minimum absolute atomic E-state index is 0.173. The van der Waals surface area contributed by atoms with E-state index in [0.29, 0.717) is 0 Å². The van der Waals surface area contributed by atoms with E-state index in [-0.39, 0.29) is 6.42 Å². The second kappa shape index (κ2) is 2.86. The Morgan fingerprint density at radius 1 is 1.00 bits per heavy atom. The van der Waals surface area contributed by atoms with Crippen molar-refractivity contribution >= 4 is 5.78 Å². The molecular formula is C6H10O5. The van der Waals surface area contributed by atoms with Gasteiger partial charge in [0.2, 0.25) is 0 Å². The topological polar surface area (TPSA) is 98.0 Å². The Labute approximate surface area is 62.9 Å². The molecule has 1 saturated carbocycles. The van der Waals surface area contributed by atoms with Gasteiger partial charge < -0.3 is 20.4 Å². The summed E-state index contributed by atoms with van der Waals surface area (Å²) in [6.45, 7) is 0. The van der Waals surface area contributed by atoms with Gasteiger partial charge in [0.15, 0.2) is 5.78 Å². The number of Topliss-reactive ketones (excluding diaryl/α,β-unsaturated/α-hetero) is 1. The zero-order chi connectivity index (χ0) is 8.59. The molecule has 11 heavy (non-hydrogen) atoms. The summed E-state index contributed by atoms with van der Waals surface area (Å²) in [5.74, 6) is -0.920. The molecule has 4 atom stereocenters. The highest BCUT2D eigenvalue weighted by Gasteiger charge is 2.40. The quantitative estimate of drug-likeness (QED) is 0.313. The lowest BCUT2D eigenvalue weighted by Crippen LogP contribution is -2.52. The highest BCUT2D eigenvalue weighted by atomic mass is 16.4. The van der Waals surface area contributed by atoms with Gasteiger partial charge in [-0.3, -0.25) is 4.79 Å². The first-order valence-corrected chi connectivity index (χ1v) is 3.30. The van der Waals surface area contributed by atoms with Crippen LogP contribution in [0, 0.1) is 0 Å². The first-order chi connectivity index (χ1) is 5.04. The molecule has 0 heterocycles. The molecule has 0 saturated heterocycles. The summed E-state index contributed by atoms with van der Waals surface area (Å²) < 4.78 is 0. The predicted octanol–water partition coefficient (Wildman–Crippen LogP) is -2.60. The Kier molecular flexibility index (Phi) is 2.24. The Balaban J connectivity index is 2.71. The first-order valence-electron chi connectivity index (χ1n) is 3.30. The average Bonchev–Trinajstić information content (AvgIpc) is 1.97. The van der Waals surface area contributed by atoms with Crippen LogP contribution in [0.15, 0.2) is 0 Å². The summed E-state index contributed by atoms with van der Waals surface area (Å²) in [4.78, 5) is 10.7. The minimum Gasteiger partial charge on any atom is -0.390 e. The van der Waals surface area contributed by atoms with Crippen LogP contribution < -0.4 is 0 Å². The number of hydrogen-bond acceptors (Lipinski definition) is 5. The summed E-state index contributed by atoms with van der Waals surface area (Å²) in [6, 6.07) is 0. The Bertz CT molecular complexity index is 152. The Morgan fingerprint density at radius 3 is 1.73 bits per heavy atom. The maximum absolute atomic E-state index is 10.7. The molecule has 4 unspecified atom stereocenters. The lowest BCUT2D eigenvalue weighted by Gasteiger charge is -2.29. The number of carbonyl (C=O) groups excluding carboxylic acids is 1. The minimum atomic E-state index is -1.56. The molecule has 4 N–H and O–H groups in total. The van der Waals surface area contributed by atoms with Crippen LogP contribution in [0.1, 0.15) is 6.42 Å². The van der Waals surface area contributed by atoms with Crippen LogP contribution in [-0.4, -0.2) is 50.6 Å². The molecule has 0 aliphatic heterocycles. The van der Waals surface area contributed by atoms with Crippen molar-refractivity contribution in [3.05, 3.63) is 0 Å². The van der Waals surface area contributed by atoms with Crippen molar-refractivity contribution in [2.75, 3.05) is 0 Å². The summed E-state index contributed by atoms with van der Waals surface area (Å²) in [6.07, 6.45) is -5.82. The molecule has 1 aliphatic carbocycles. The maximum atomic E-state index is 10.7. The van der Waals surface area contributed by atoms with Crippen molar-refractivity contribution in [1.82, 2.24) is 0 Å². The molecule has 5 nitrogen and oxygen atoms in total. The molecule has 64 valence electrons. The van der Waals surface area contributed by atoms with E-state index in [0.717, 1.165) is 0 Å². The lowest BCUT2D eigenvalue weighted by atomic mass is 9.89. The molecule has 0 aromatic rings. The molecule has 0 amide bonds. The smallest absolute Gasteiger partial charge is 0.194 e. The molecule has 0 spiro atoms. The maximum Gasteiger partial charge on any atom is 0.194 e. The van der Waals surface area contributed by atoms with Gasteiger partial charge in [0.25, 0.3) is 0 Å². The summed E-state index contributed by atoms with van der Waals surface area (Å²) in [5, 5.41) is 35.5. The largest absolute Gasteiger partial charge is 0.390 e. The van der Waals surface area contributed by atoms with Crippen molar-refractivity contribution in [2.45, 2.75) is 30.8 Å². The van der Waals surface area contributed by atoms with E-state index in [4.69, 9.17) is 20.4 Å². The van der Waals surface area contributed by atoms with Crippen molar-refractivity contribution in [3.63, 3.8) is 0 Å². The molecular weight excluding hydrogens is 152 g/mol. The average molecular weight is 162 g/mol. The van der Waals surface area contributed by atoms with Crippen LogP contribution in [0.25, 0.3) is 0 Å². The fraction of sp³-hybridized carbons (Fsp3) is 0.833. The summed E-state index contributed by atoms with van der Waals surface area (Å²) in [5.41, 5.74) is 0. The van der Waals surface area contributed by atoms with Gasteiger partial charge in [0, 0.05) is 6.42 Å². The van der Waals surface area contributed by atoms with Gasteiger partial charge in [-0.15, -0.1) is 0 Å². The molecule has 1 aliphatic rings. The van der Waals surface area contributed by atoms with E-state index in [2.05, 4.69) is 0 Å². The van der Waals surface area contributed by atoms with Gasteiger partial charge >= 0.3 is 0 Å². The SMILES string of the molecule is O=C1C(O)C(O)CC(O)C1O. The molecule has 1 rings (SSSR count). The molecule has 0 radical (unpaired) electrons. The highest BCUT2D eigenvalue weighted by Crippen LogP contribution is 2.16. The fourth-order valence-corrected chi connectivity index (χ4v) is 1.06. The third kappa shape index (κ3) is 1.41. The van der Waals surface area contributed by atoms with E-state index < -0.39 is 30.2 Å². The van der Waals surface area contributed by atoms with E-state index >= 15 is 0 Å². The van der Waals surface area contributed by atoms with E-state index in [1.54, 1.807) is 0 Å². The fourth-order valence-electron chi connectivity index (χ4n) is 1.06. The second-order valence-corrected chi connectivity index (χ2v) is 2.66. The second-order valence-electron chi connectivity index (χ2n) is 2.66. The molecule has 0 aromatic heterocycles. The Hall–Kier alpha value is -0.490. The summed E-state index contributed by atoms with van der Waals surface area (Å²) in [7, 11) is 0. The molecule has 0 bridgehead atoms. The monoisotopic (exact) mass is 162 g/mol. The van der Waals surface area contributed by atoms with Crippen molar-refractivity contribution in [3.8, 4) is 0 Å². The third-order valence-electron chi connectivity index (χ3n) is 1.79. The number of carbonyl (C=O) groups is 1. The van der Waals surface area contributed by atoms with Crippen LogP contribution in [-0.2, 0) is 4.79 Å². The van der Waals surface area contributed by atoms with Crippen LogP contribution in [0.3, 0.4) is 0 Å². The predicted molar refractivity (Wildman–Crippen MR) is 33.7 cm³/mol. The van der Waals surface area contributed by atoms with Crippen molar-refractivity contribution in [2.24, 2.45) is 0 Å². The van der Waals surface area contributed by atoms with Gasteiger partial charge in [-0.25, -0.2) is 0 Å². The standard InChI is InChI=1S/C6H10O5/c7-2-1-3(8)5(10)6(11)4(2)9/h2-5,7-10H,1H2. The zero-order valence-electron chi connectivity index (χ0n) is 5.71. The highest BCUT2D eigenvalue weighted by molar-refractivity contribution is 5.88. The van der Waals surface area contributed by atoms with Gasteiger partial charge in [-0.05, 0) is 0 Å². The van der Waals surface area contributed by atoms with Crippen LogP contribution in [0.2, 0.25) is 0 Å². The summed E-state index contributed by atoms with van der Waals surface area (Å²) >= 11 is 0. The molecule has 1 fully saturated rings. The Morgan fingerprint density at radius 2 is 1.36 bits per heavy atom. The van der Waals surface area contributed by atoms with E-state index in [1.807, 2.05) is 0 Å². The number of ketones is 1. The lowest BCUT2D eigenvalue weighted by molar-refractivity contribution is -0.159. The van der Waals surface area contributed by atoms with Crippen molar-refractivity contribution < 1.29 is 25.2 Å². The molecule has 0 aromatic carbocycles. The van der Waals surface area contributed by atoms with E-state index in [9.17, 15) is 4.79 Å². The van der Waals surface area contributed by atoms with Crippen LogP contribution in [0.5, 0.6) is 0 Å². The number of aliphatic hydroxyl groups excluding tert-OH is 4. The van der Waals surface area contributed by atoms with Gasteiger partial charge in [-0.2, -0.15) is 0 Å². The van der Waals surface area contributed by atoms with E-state index in [1.165, 1.54) is 0 Å².